The Labute approximate surface area is 214 Å². The molecule has 3 heterocycles. The van der Waals surface area contributed by atoms with E-state index in [0.29, 0.717) is 11.6 Å². The summed E-state index contributed by atoms with van der Waals surface area (Å²) in [5, 5.41) is 14.2. The monoisotopic (exact) mass is 495 g/mol. The number of tetrazole rings is 1. The molecule has 0 aliphatic heterocycles. The van der Waals surface area contributed by atoms with E-state index in [-0.39, 0.29) is 11.7 Å². The van der Waals surface area contributed by atoms with Gasteiger partial charge in [-0.05, 0) is 60.0 Å². The molecule has 188 valence electrons. The van der Waals surface area contributed by atoms with Gasteiger partial charge in [0, 0.05) is 29.2 Å². The molecule has 0 radical (unpaired) electrons. The molecule has 37 heavy (non-hydrogen) atoms. The summed E-state index contributed by atoms with van der Waals surface area (Å²) in [4.78, 5) is 18.4. The van der Waals surface area contributed by atoms with Crippen LogP contribution in [0, 0.1) is 6.92 Å². The second-order valence-electron chi connectivity index (χ2n) is 8.97. The van der Waals surface area contributed by atoms with Crippen molar-refractivity contribution < 1.29 is 4.74 Å². The van der Waals surface area contributed by atoms with Gasteiger partial charge in [-0.1, -0.05) is 49.7 Å². The Morgan fingerprint density at radius 1 is 1.08 bits per heavy atom. The van der Waals surface area contributed by atoms with Crippen LogP contribution < -0.4 is 10.4 Å². The zero-order chi connectivity index (χ0) is 25.9. The summed E-state index contributed by atoms with van der Waals surface area (Å²) in [6, 6.07) is 17.6. The summed E-state index contributed by atoms with van der Waals surface area (Å²) in [6.45, 7) is 6.17. The second-order valence-corrected chi connectivity index (χ2v) is 8.97. The molecule has 0 spiro atoms. The van der Waals surface area contributed by atoms with Gasteiger partial charge in [-0.2, -0.15) is 0 Å². The topological polar surface area (TPSA) is 104 Å². The van der Waals surface area contributed by atoms with Gasteiger partial charge in [0.15, 0.2) is 5.82 Å². The summed E-state index contributed by atoms with van der Waals surface area (Å²) in [5.41, 5.74) is 6.21. The lowest BCUT2D eigenvalue weighted by molar-refractivity contribution is 0.412. The van der Waals surface area contributed by atoms with Crippen LogP contribution in [0.25, 0.3) is 28.3 Å². The van der Waals surface area contributed by atoms with E-state index < -0.39 is 0 Å². The molecular formula is C28H29N7O2. The Kier molecular flexibility index (Phi) is 6.68. The Morgan fingerprint density at radius 2 is 1.89 bits per heavy atom. The Bertz CT molecular complexity index is 1570. The van der Waals surface area contributed by atoms with Gasteiger partial charge in [0.1, 0.15) is 5.75 Å². The number of methoxy groups -OCH3 is 1. The predicted molar refractivity (Wildman–Crippen MR) is 142 cm³/mol. The van der Waals surface area contributed by atoms with Crippen LogP contribution in [0.5, 0.6) is 5.75 Å². The highest BCUT2D eigenvalue weighted by molar-refractivity contribution is 5.77. The zero-order valence-corrected chi connectivity index (χ0v) is 21.3. The van der Waals surface area contributed by atoms with Crippen LogP contribution in [-0.4, -0.2) is 41.9 Å². The number of aromatic amines is 1. The minimum atomic E-state index is -0.166. The minimum absolute atomic E-state index is 0.0857. The Hall–Kier alpha value is -4.53. The number of H-pyrrole nitrogens is 1. The third-order valence-electron chi connectivity index (χ3n) is 6.63. The molecular weight excluding hydrogens is 466 g/mol. The average Bonchev–Trinajstić information content (AvgIpc) is 3.57. The molecule has 3 aromatic heterocycles. The lowest BCUT2D eigenvalue weighted by Gasteiger charge is -2.17. The largest absolute Gasteiger partial charge is 0.495 e. The summed E-state index contributed by atoms with van der Waals surface area (Å²) >= 11 is 0. The smallest absolute Gasteiger partial charge is 0.333 e. The van der Waals surface area contributed by atoms with Crippen molar-refractivity contribution in [2.75, 3.05) is 7.11 Å². The molecule has 2 aromatic carbocycles. The van der Waals surface area contributed by atoms with Gasteiger partial charge in [-0.15, -0.1) is 5.10 Å². The molecule has 5 aromatic rings. The second kappa shape index (κ2) is 10.2. The van der Waals surface area contributed by atoms with E-state index in [0.717, 1.165) is 52.2 Å². The van der Waals surface area contributed by atoms with E-state index in [9.17, 15) is 4.79 Å². The van der Waals surface area contributed by atoms with Crippen LogP contribution in [0.1, 0.15) is 43.1 Å². The standard InChI is InChI=1S/C28H29N7O2/c1-5-8-22-17-34(26-18(2)9-6-11-24(26)37-4)28(36)35(22)19(3)20-12-14-21(15-13-20)25-23(10-7-16-29-25)27-30-32-33-31-27/h6-7,9-17,19H,5,8H2,1-4H3,(H,30,31,32,33). The van der Waals surface area contributed by atoms with Crippen molar-refractivity contribution in [1.82, 2.24) is 34.7 Å². The van der Waals surface area contributed by atoms with Crippen molar-refractivity contribution in [3.63, 3.8) is 0 Å². The summed E-state index contributed by atoms with van der Waals surface area (Å²) in [6.07, 6.45) is 5.42. The van der Waals surface area contributed by atoms with E-state index in [1.165, 1.54) is 0 Å². The number of para-hydroxylation sites is 1. The molecule has 1 N–H and O–H groups in total. The highest BCUT2D eigenvalue weighted by Crippen LogP contribution is 2.30. The molecule has 0 saturated carbocycles. The first kappa shape index (κ1) is 24.2. The number of rotatable bonds is 8. The lowest BCUT2D eigenvalue weighted by atomic mass is 10.0. The predicted octanol–water partition coefficient (Wildman–Crippen LogP) is 4.76. The van der Waals surface area contributed by atoms with E-state index in [2.05, 4.69) is 39.5 Å². The maximum absolute atomic E-state index is 13.8. The van der Waals surface area contributed by atoms with E-state index >= 15 is 0 Å². The first-order valence-corrected chi connectivity index (χ1v) is 12.3. The molecule has 0 bridgehead atoms. The maximum Gasteiger partial charge on any atom is 0.333 e. The number of aryl methyl sites for hydroxylation is 2. The number of ether oxygens (including phenoxy) is 1. The first-order valence-electron chi connectivity index (χ1n) is 12.3. The fourth-order valence-electron chi connectivity index (χ4n) is 4.79. The normalized spacial score (nSPS) is 12.0. The van der Waals surface area contributed by atoms with Crippen LogP contribution in [-0.2, 0) is 6.42 Å². The Morgan fingerprint density at radius 3 is 2.59 bits per heavy atom. The minimum Gasteiger partial charge on any atom is -0.495 e. The van der Waals surface area contributed by atoms with Crippen LogP contribution in [0.2, 0.25) is 0 Å². The van der Waals surface area contributed by atoms with Gasteiger partial charge in [-0.3, -0.25) is 14.1 Å². The van der Waals surface area contributed by atoms with Crippen molar-refractivity contribution in [3.05, 3.63) is 94.3 Å². The van der Waals surface area contributed by atoms with E-state index in [4.69, 9.17) is 4.74 Å². The summed E-state index contributed by atoms with van der Waals surface area (Å²) < 4.78 is 9.20. The molecule has 0 fully saturated rings. The average molecular weight is 496 g/mol. The van der Waals surface area contributed by atoms with Gasteiger partial charge in [0.2, 0.25) is 0 Å². The van der Waals surface area contributed by atoms with Gasteiger partial charge < -0.3 is 4.74 Å². The van der Waals surface area contributed by atoms with Gasteiger partial charge in [0.25, 0.3) is 0 Å². The van der Waals surface area contributed by atoms with Crippen LogP contribution >= 0.6 is 0 Å². The van der Waals surface area contributed by atoms with Crippen molar-refractivity contribution in [1.29, 1.82) is 0 Å². The number of hydrogen-bond donors (Lipinski definition) is 1. The van der Waals surface area contributed by atoms with Gasteiger partial charge in [0.05, 0.1) is 24.5 Å². The van der Waals surface area contributed by atoms with Crippen molar-refractivity contribution in [3.8, 4) is 34.1 Å². The number of benzene rings is 2. The number of hydrogen-bond acceptors (Lipinski definition) is 6. The number of nitrogens with zero attached hydrogens (tertiary/aromatic N) is 6. The SMILES string of the molecule is CCCc1cn(-c2c(C)cccc2OC)c(=O)n1C(C)c1ccc(-c2ncccc2-c2nnn[nH]2)cc1. The molecule has 1 unspecified atom stereocenters. The third kappa shape index (κ3) is 4.44. The number of aromatic nitrogens is 7. The van der Waals surface area contributed by atoms with Gasteiger partial charge >= 0.3 is 5.69 Å². The zero-order valence-electron chi connectivity index (χ0n) is 21.3. The van der Waals surface area contributed by atoms with Crippen molar-refractivity contribution in [2.45, 2.75) is 39.7 Å². The van der Waals surface area contributed by atoms with E-state index in [1.807, 2.05) is 72.3 Å². The molecule has 0 saturated heterocycles. The third-order valence-corrected chi connectivity index (χ3v) is 6.63. The molecule has 0 aliphatic rings. The Balaban J connectivity index is 1.54. The fraction of sp³-hybridized carbons (Fsp3) is 0.250. The molecule has 0 amide bonds. The quantitative estimate of drug-likeness (QED) is 0.333. The molecule has 1 atom stereocenters. The number of pyridine rings is 1. The summed E-state index contributed by atoms with van der Waals surface area (Å²) in [5.74, 6) is 1.23. The summed E-state index contributed by atoms with van der Waals surface area (Å²) in [7, 11) is 1.63. The van der Waals surface area contributed by atoms with Crippen LogP contribution in [0.4, 0.5) is 0 Å². The number of nitrogens with one attached hydrogen (secondary N) is 1. The molecule has 0 aliphatic carbocycles. The van der Waals surface area contributed by atoms with Crippen molar-refractivity contribution in [2.24, 2.45) is 0 Å². The molecule has 9 heteroatoms. The maximum atomic E-state index is 13.8. The van der Waals surface area contributed by atoms with Gasteiger partial charge in [-0.25, -0.2) is 9.89 Å². The number of imidazole rings is 1. The first-order chi connectivity index (χ1) is 18.0. The highest BCUT2D eigenvalue weighted by atomic mass is 16.5. The fourth-order valence-corrected chi connectivity index (χ4v) is 4.79. The highest BCUT2D eigenvalue weighted by Gasteiger charge is 2.21. The lowest BCUT2D eigenvalue weighted by Crippen LogP contribution is -2.27. The molecule has 5 rings (SSSR count). The molecule has 9 nitrogen and oxygen atoms in total. The van der Waals surface area contributed by atoms with Crippen molar-refractivity contribution >= 4 is 0 Å². The van der Waals surface area contributed by atoms with E-state index in [1.54, 1.807) is 17.9 Å². The van der Waals surface area contributed by atoms with Crippen LogP contribution in [0.15, 0.2) is 71.8 Å². The van der Waals surface area contributed by atoms with Crippen LogP contribution in [0.3, 0.4) is 0 Å².